The Kier molecular flexibility index (Phi) is 9.48. The Labute approximate surface area is 156 Å². The molecule has 22 heavy (non-hydrogen) atoms. The van der Waals surface area contributed by atoms with Gasteiger partial charge in [-0.25, -0.2) is 4.98 Å². The highest BCUT2D eigenvalue weighted by Gasteiger charge is 2.01. The van der Waals surface area contributed by atoms with Gasteiger partial charge < -0.3 is 10.6 Å². The van der Waals surface area contributed by atoms with Gasteiger partial charge in [0.05, 0.1) is 12.2 Å². The fourth-order valence-corrected chi connectivity index (χ4v) is 3.34. The SMILES string of the molecule is CN=C(NCCCSc1nccs1)NCc1ccnn1C.I. The number of thiazole rings is 1. The minimum Gasteiger partial charge on any atom is -0.356 e. The van der Waals surface area contributed by atoms with Gasteiger partial charge in [0.15, 0.2) is 5.96 Å². The lowest BCUT2D eigenvalue weighted by atomic mass is 10.4. The molecule has 2 aromatic rings. The molecule has 2 N–H and O–H groups in total. The highest BCUT2D eigenvalue weighted by Crippen LogP contribution is 2.20. The first-order chi connectivity index (χ1) is 10.3. The van der Waals surface area contributed by atoms with Crippen LogP contribution in [0.1, 0.15) is 12.1 Å². The number of aryl methyl sites for hydroxylation is 1. The summed E-state index contributed by atoms with van der Waals surface area (Å²) in [5, 5.41) is 12.7. The van der Waals surface area contributed by atoms with Crippen molar-refractivity contribution >= 4 is 53.0 Å². The van der Waals surface area contributed by atoms with Crippen LogP contribution in [0.5, 0.6) is 0 Å². The Balaban J connectivity index is 0.00000242. The number of guanidine groups is 1. The van der Waals surface area contributed by atoms with Gasteiger partial charge in [0.2, 0.25) is 0 Å². The monoisotopic (exact) mass is 452 g/mol. The average molecular weight is 452 g/mol. The van der Waals surface area contributed by atoms with E-state index in [1.54, 1.807) is 36.3 Å². The van der Waals surface area contributed by atoms with Crippen molar-refractivity contribution in [3.05, 3.63) is 29.5 Å². The molecule has 0 amide bonds. The number of nitrogens with zero attached hydrogens (tertiary/aromatic N) is 4. The van der Waals surface area contributed by atoms with Crippen LogP contribution in [-0.4, -0.2) is 40.1 Å². The number of halogens is 1. The fourth-order valence-electron chi connectivity index (χ4n) is 1.69. The second-order valence-electron chi connectivity index (χ2n) is 4.30. The summed E-state index contributed by atoms with van der Waals surface area (Å²) >= 11 is 3.48. The first-order valence-electron chi connectivity index (χ1n) is 6.73. The van der Waals surface area contributed by atoms with Gasteiger partial charge in [0.1, 0.15) is 4.34 Å². The normalized spacial score (nSPS) is 11.1. The number of aromatic nitrogens is 3. The van der Waals surface area contributed by atoms with Crippen LogP contribution in [0.2, 0.25) is 0 Å². The lowest BCUT2D eigenvalue weighted by Gasteiger charge is -2.11. The molecular formula is C13H21IN6S2. The second-order valence-corrected chi connectivity index (χ2v) is 6.54. The fraction of sp³-hybridized carbons (Fsp3) is 0.462. The van der Waals surface area contributed by atoms with E-state index < -0.39 is 0 Å². The molecule has 6 nitrogen and oxygen atoms in total. The van der Waals surface area contributed by atoms with Crippen molar-refractivity contribution in [2.24, 2.45) is 12.0 Å². The van der Waals surface area contributed by atoms with E-state index in [4.69, 9.17) is 0 Å². The minimum absolute atomic E-state index is 0. The Morgan fingerprint density at radius 3 is 2.91 bits per heavy atom. The highest BCUT2D eigenvalue weighted by molar-refractivity contribution is 14.0. The molecule has 0 atom stereocenters. The summed E-state index contributed by atoms with van der Waals surface area (Å²) in [6.45, 7) is 1.60. The van der Waals surface area contributed by atoms with E-state index in [0.717, 1.165) is 34.7 Å². The molecule has 0 aliphatic rings. The molecule has 9 heteroatoms. The lowest BCUT2D eigenvalue weighted by molar-refractivity contribution is 0.683. The first kappa shape index (κ1) is 19.2. The summed E-state index contributed by atoms with van der Waals surface area (Å²) in [5.74, 6) is 1.87. The standard InChI is InChI=1S/C13H20N6S2.HI/c1-14-12(17-10-11-4-6-18-19(11)2)15-5-3-8-20-13-16-7-9-21-13;/h4,6-7,9H,3,5,8,10H2,1-2H3,(H2,14,15,17);1H. The Morgan fingerprint density at radius 1 is 1.41 bits per heavy atom. The smallest absolute Gasteiger partial charge is 0.191 e. The van der Waals surface area contributed by atoms with Gasteiger partial charge in [-0.15, -0.1) is 35.3 Å². The number of nitrogens with one attached hydrogen (secondary N) is 2. The largest absolute Gasteiger partial charge is 0.356 e. The summed E-state index contributed by atoms with van der Waals surface area (Å²) in [4.78, 5) is 8.46. The third-order valence-corrected chi connectivity index (χ3v) is 4.88. The molecule has 0 saturated carbocycles. The zero-order valence-electron chi connectivity index (χ0n) is 12.7. The Bertz CT molecular complexity index is 555. The van der Waals surface area contributed by atoms with E-state index in [1.807, 2.05) is 29.4 Å². The van der Waals surface area contributed by atoms with Crippen LogP contribution in [-0.2, 0) is 13.6 Å². The Hall–Kier alpha value is -0.810. The van der Waals surface area contributed by atoms with Crippen LogP contribution in [0, 0.1) is 0 Å². The van der Waals surface area contributed by atoms with Crippen LogP contribution in [0.3, 0.4) is 0 Å². The molecule has 0 bridgehead atoms. The van der Waals surface area contributed by atoms with Crippen molar-refractivity contribution in [3.8, 4) is 0 Å². The zero-order valence-corrected chi connectivity index (χ0v) is 16.6. The molecule has 0 saturated heterocycles. The first-order valence-corrected chi connectivity index (χ1v) is 8.60. The molecule has 0 aliphatic heterocycles. The molecule has 0 fully saturated rings. The zero-order chi connectivity index (χ0) is 14.9. The average Bonchev–Trinajstić information content (AvgIpc) is 3.14. The molecule has 0 aliphatic carbocycles. The molecule has 0 spiro atoms. The number of rotatable bonds is 7. The van der Waals surface area contributed by atoms with E-state index in [2.05, 4.69) is 25.7 Å². The number of aliphatic imine (C=N–C) groups is 1. The van der Waals surface area contributed by atoms with Gasteiger partial charge in [-0.05, 0) is 12.5 Å². The number of thioether (sulfide) groups is 1. The van der Waals surface area contributed by atoms with Crippen molar-refractivity contribution in [1.82, 2.24) is 25.4 Å². The molecule has 2 rings (SSSR count). The summed E-state index contributed by atoms with van der Waals surface area (Å²) in [7, 11) is 3.71. The molecule has 2 aromatic heterocycles. The number of hydrogen-bond acceptors (Lipinski definition) is 5. The van der Waals surface area contributed by atoms with Crippen molar-refractivity contribution < 1.29 is 0 Å². The van der Waals surface area contributed by atoms with Crippen molar-refractivity contribution in [1.29, 1.82) is 0 Å². The lowest BCUT2D eigenvalue weighted by Crippen LogP contribution is -2.37. The molecular weight excluding hydrogens is 431 g/mol. The highest BCUT2D eigenvalue weighted by atomic mass is 127. The van der Waals surface area contributed by atoms with Gasteiger partial charge >= 0.3 is 0 Å². The van der Waals surface area contributed by atoms with E-state index in [9.17, 15) is 0 Å². The van der Waals surface area contributed by atoms with Gasteiger partial charge in [0, 0.05) is 44.2 Å². The summed E-state index contributed by atoms with van der Waals surface area (Å²) < 4.78 is 2.99. The summed E-state index contributed by atoms with van der Waals surface area (Å²) in [5.41, 5.74) is 1.12. The Morgan fingerprint density at radius 2 is 2.27 bits per heavy atom. The maximum atomic E-state index is 4.25. The molecule has 122 valence electrons. The topological polar surface area (TPSA) is 67.1 Å². The van der Waals surface area contributed by atoms with Crippen molar-refractivity contribution in [2.75, 3.05) is 19.3 Å². The van der Waals surface area contributed by atoms with E-state index in [0.29, 0.717) is 6.54 Å². The van der Waals surface area contributed by atoms with Crippen LogP contribution >= 0.6 is 47.1 Å². The van der Waals surface area contributed by atoms with Crippen LogP contribution < -0.4 is 10.6 Å². The second kappa shape index (κ2) is 10.8. The predicted molar refractivity (Wildman–Crippen MR) is 104 cm³/mol. The maximum Gasteiger partial charge on any atom is 0.191 e. The third-order valence-electron chi connectivity index (χ3n) is 2.83. The van der Waals surface area contributed by atoms with Crippen LogP contribution in [0.4, 0.5) is 0 Å². The number of hydrogen-bond donors (Lipinski definition) is 2. The minimum atomic E-state index is 0. The molecule has 2 heterocycles. The van der Waals surface area contributed by atoms with E-state index in [1.165, 1.54) is 0 Å². The van der Waals surface area contributed by atoms with Gasteiger partial charge in [-0.1, -0.05) is 11.8 Å². The van der Waals surface area contributed by atoms with Crippen LogP contribution in [0.15, 0.2) is 33.2 Å². The van der Waals surface area contributed by atoms with E-state index in [-0.39, 0.29) is 24.0 Å². The third kappa shape index (κ3) is 6.53. The van der Waals surface area contributed by atoms with E-state index >= 15 is 0 Å². The van der Waals surface area contributed by atoms with Crippen molar-refractivity contribution in [3.63, 3.8) is 0 Å². The molecule has 0 unspecified atom stereocenters. The predicted octanol–water partition coefficient (Wildman–Crippen LogP) is 2.34. The van der Waals surface area contributed by atoms with Crippen molar-refractivity contribution in [2.45, 2.75) is 17.3 Å². The van der Waals surface area contributed by atoms with Crippen LogP contribution in [0.25, 0.3) is 0 Å². The van der Waals surface area contributed by atoms with Gasteiger partial charge in [-0.2, -0.15) is 5.10 Å². The van der Waals surface area contributed by atoms with Gasteiger partial charge in [-0.3, -0.25) is 9.67 Å². The van der Waals surface area contributed by atoms with Gasteiger partial charge in [0.25, 0.3) is 0 Å². The maximum absolute atomic E-state index is 4.25. The summed E-state index contributed by atoms with van der Waals surface area (Å²) in [6.07, 6.45) is 4.70. The summed E-state index contributed by atoms with van der Waals surface area (Å²) in [6, 6.07) is 1.99. The quantitative estimate of drug-likeness (QED) is 0.222. The molecule has 0 aromatic carbocycles. The molecule has 0 radical (unpaired) electrons.